The second-order valence-electron chi connectivity index (χ2n) is 3.72. The Labute approximate surface area is 83.5 Å². The Morgan fingerprint density at radius 2 is 2.00 bits per heavy atom. The highest BCUT2D eigenvalue weighted by Crippen LogP contribution is 2.16. The zero-order valence-corrected chi connectivity index (χ0v) is 8.67. The van der Waals surface area contributed by atoms with E-state index in [0.29, 0.717) is 11.8 Å². The molecule has 0 saturated carbocycles. The van der Waals surface area contributed by atoms with Gasteiger partial charge >= 0.3 is 0 Å². The van der Waals surface area contributed by atoms with Crippen molar-refractivity contribution in [3.05, 3.63) is 18.5 Å². The van der Waals surface area contributed by atoms with E-state index in [1.165, 1.54) is 0 Å². The molecule has 1 aromatic rings. The van der Waals surface area contributed by atoms with E-state index in [1.54, 1.807) is 18.5 Å². The molecule has 0 aliphatic heterocycles. The lowest BCUT2D eigenvalue weighted by Crippen LogP contribution is -2.25. The molecule has 1 N–H and O–H groups in total. The van der Waals surface area contributed by atoms with Gasteiger partial charge in [-0.25, -0.2) is 9.97 Å². The fourth-order valence-corrected chi connectivity index (χ4v) is 0.850. The highest BCUT2D eigenvalue weighted by molar-refractivity contribution is 6.18. The Balaban J connectivity index is 2.44. The molecule has 3 nitrogen and oxygen atoms in total. The molecule has 0 aliphatic rings. The highest BCUT2D eigenvalue weighted by Gasteiger charge is 2.15. The number of alkyl halides is 1. The van der Waals surface area contributed by atoms with Crippen molar-refractivity contribution in [3.8, 4) is 0 Å². The standard InChI is InChI=1S/C9H14ClN3/c1-9(2,6-10)7-13-8-11-4-3-5-12-8/h3-5H,6-7H2,1-2H3,(H,11,12,13). The second kappa shape index (κ2) is 4.42. The van der Waals surface area contributed by atoms with Crippen LogP contribution in [0.25, 0.3) is 0 Å². The summed E-state index contributed by atoms with van der Waals surface area (Å²) in [6.07, 6.45) is 3.42. The Kier molecular flexibility index (Phi) is 3.48. The number of halogens is 1. The maximum Gasteiger partial charge on any atom is 0.222 e. The van der Waals surface area contributed by atoms with Crippen molar-refractivity contribution in [2.75, 3.05) is 17.7 Å². The van der Waals surface area contributed by atoms with Crippen molar-refractivity contribution in [2.24, 2.45) is 5.41 Å². The van der Waals surface area contributed by atoms with E-state index in [-0.39, 0.29) is 5.41 Å². The van der Waals surface area contributed by atoms with Gasteiger partial charge in [-0.1, -0.05) is 13.8 Å². The van der Waals surface area contributed by atoms with Crippen LogP contribution in [0.5, 0.6) is 0 Å². The first-order chi connectivity index (χ1) is 6.14. The summed E-state index contributed by atoms with van der Waals surface area (Å²) in [7, 11) is 0. The molecule has 0 aromatic carbocycles. The van der Waals surface area contributed by atoms with Crippen LogP contribution in [0.3, 0.4) is 0 Å². The molecule has 1 rings (SSSR count). The molecule has 72 valence electrons. The summed E-state index contributed by atoms with van der Waals surface area (Å²) in [5, 5.41) is 3.13. The van der Waals surface area contributed by atoms with Crippen LogP contribution in [-0.4, -0.2) is 22.4 Å². The fourth-order valence-electron chi connectivity index (χ4n) is 0.756. The van der Waals surface area contributed by atoms with Crippen LogP contribution >= 0.6 is 11.6 Å². The lowest BCUT2D eigenvalue weighted by atomic mass is 9.97. The molecule has 1 aromatic heterocycles. The van der Waals surface area contributed by atoms with E-state index >= 15 is 0 Å². The molecular weight excluding hydrogens is 186 g/mol. The number of aromatic nitrogens is 2. The van der Waals surface area contributed by atoms with Gasteiger partial charge in [0, 0.05) is 24.8 Å². The highest BCUT2D eigenvalue weighted by atomic mass is 35.5. The third-order valence-electron chi connectivity index (χ3n) is 1.65. The van der Waals surface area contributed by atoms with Gasteiger partial charge in [-0.05, 0) is 11.5 Å². The van der Waals surface area contributed by atoms with Crippen LogP contribution in [0.4, 0.5) is 5.95 Å². The molecular formula is C9H14ClN3. The van der Waals surface area contributed by atoms with Crippen molar-refractivity contribution in [1.29, 1.82) is 0 Å². The van der Waals surface area contributed by atoms with E-state index in [9.17, 15) is 0 Å². The molecule has 1 heterocycles. The quantitative estimate of drug-likeness (QED) is 0.756. The molecule has 4 heteroatoms. The minimum absolute atomic E-state index is 0.0702. The van der Waals surface area contributed by atoms with Gasteiger partial charge in [0.25, 0.3) is 0 Å². The number of nitrogens with one attached hydrogen (secondary N) is 1. The summed E-state index contributed by atoms with van der Waals surface area (Å²) in [6, 6.07) is 1.79. The Bertz CT molecular complexity index is 248. The SMILES string of the molecule is CC(C)(CCl)CNc1ncccn1. The predicted octanol–water partition coefficient (Wildman–Crippen LogP) is 2.15. The lowest BCUT2D eigenvalue weighted by Gasteiger charge is -2.21. The summed E-state index contributed by atoms with van der Waals surface area (Å²) in [5.41, 5.74) is 0.0702. The second-order valence-corrected chi connectivity index (χ2v) is 3.99. The lowest BCUT2D eigenvalue weighted by molar-refractivity contribution is 0.449. The molecule has 0 spiro atoms. The normalized spacial score (nSPS) is 11.3. The third-order valence-corrected chi connectivity index (χ3v) is 2.38. The summed E-state index contributed by atoms with van der Waals surface area (Å²) < 4.78 is 0. The van der Waals surface area contributed by atoms with E-state index < -0.39 is 0 Å². The summed E-state index contributed by atoms with van der Waals surface area (Å²) in [5.74, 6) is 1.27. The minimum Gasteiger partial charge on any atom is -0.354 e. The van der Waals surface area contributed by atoms with Crippen molar-refractivity contribution in [2.45, 2.75) is 13.8 Å². The maximum absolute atomic E-state index is 5.78. The molecule has 0 fully saturated rings. The molecule has 0 atom stereocenters. The monoisotopic (exact) mass is 199 g/mol. The largest absolute Gasteiger partial charge is 0.354 e. The predicted molar refractivity (Wildman–Crippen MR) is 55.0 cm³/mol. The van der Waals surface area contributed by atoms with Crippen molar-refractivity contribution >= 4 is 17.5 Å². The van der Waals surface area contributed by atoms with Crippen molar-refractivity contribution in [1.82, 2.24) is 9.97 Å². The van der Waals surface area contributed by atoms with Crippen molar-refractivity contribution in [3.63, 3.8) is 0 Å². The van der Waals surface area contributed by atoms with Crippen LogP contribution in [-0.2, 0) is 0 Å². The minimum atomic E-state index is 0.0702. The van der Waals surface area contributed by atoms with Crippen LogP contribution in [0.15, 0.2) is 18.5 Å². The first kappa shape index (κ1) is 10.3. The van der Waals surface area contributed by atoms with Gasteiger partial charge in [-0.3, -0.25) is 0 Å². The van der Waals surface area contributed by atoms with Crippen LogP contribution in [0.1, 0.15) is 13.8 Å². The van der Waals surface area contributed by atoms with E-state index in [4.69, 9.17) is 11.6 Å². The van der Waals surface area contributed by atoms with Gasteiger partial charge in [-0.2, -0.15) is 0 Å². The Hall–Kier alpha value is -0.830. The summed E-state index contributed by atoms with van der Waals surface area (Å²) in [4.78, 5) is 8.10. The van der Waals surface area contributed by atoms with Gasteiger partial charge < -0.3 is 5.32 Å². The molecule has 0 bridgehead atoms. The van der Waals surface area contributed by atoms with Crippen LogP contribution in [0.2, 0.25) is 0 Å². The third kappa shape index (κ3) is 3.59. The number of anilines is 1. The molecule has 0 radical (unpaired) electrons. The average Bonchev–Trinajstić information content (AvgIpc) is 2.17. The van der Waals surface area contributed by atoms with E-state index in [2.05, 4.69) is 29.1 Å². The van der Waals surface area contributed by atoms with Gasteiger partial charge in [-0.15, -0.1) is 11.6 Å². The zero-order valence-electron chi connectivity index (χ0n) is 7.92. The maximum atomic E-state index is 5.78. The summed E-state index contributed by atoms with van der Waals surface area (Å²) >= 11 is 5.78. The smallest absolute Gasteiger partial charge is 0.222 e. The molecule has 0 aliphatic carbocycles. The Morgan fingerprint density at radius 3 is 2.54 bits per heavy atom. The molecule has 0 saturated heterocycles. The van der Waals surface area contributed by atoms with Crippen LogP contribution in [0, 0.1) is 5.41 Å². The topological polar surface area (TPSA) is 37.8 Å². The Morgan fingerprint density at radius 1 is 1.38 bits per heavy atom. The molecule has 0 amide bonds. The fraction of sp³-hybridized carbons (Fsp3) is 0.556. The van der Waals surface area contributed by atoms with Gasteiger partial charge in [0.1, 0.15) is 0 Å². The van der Waals surface area contributed by atoms with Gasteiger partial charge in [0.05, 0.1) is 0 Å². The summed E-state index contributed by atoms with van der Waals surface area (Å²) in [6.45, 7) is 4.96. The van der Waals surface area contributed by atoms with Gasteiger partial charge in [0.2, 0.25) is 5.95 Å². The molecule has 13 heavy (non-hydrogen) atoms. The number of rotatable bonds is 4. The van der Waals surface area contributed by atoms with E-state index in [0.717, 1.165) is 6.54 Å². The van der Waals surface area contributed by atoms with Crippen molar-refractivity contribution < 1.29 is 0 Å². The van der Waals surface area contributed by atoms with E-state index in [1.807, 2.05) is 0 Å². The number of hydrogen-bond donors (Lipinski definition) is 1. The average molecular weight is 200 g/mol. The molecule has 0 unspecified atom stereocenters. The zero-order chi connectivity index (χ0) is 9.73. The number of nitrogens with zero attached hydrogens (tertiary/aromatic N) is 2. The van der Waals surface area contributed by atoms with Gasteiger partial charge in [0.15, 0.2) is 0 Å². The first-order valence-corrected chi connectivity index (χ1v) is 4.74. The number of hydrogen-bond acceptors (Lipinski definition) is 3. The van der Waals surface area contributed by atoms with Crippen LogP contribution < -0.4 is 5.32 Å². The first-order valence-electron chi connectivity index (χ1n) is 4.21.